The van der Waals surface area contributed by atoms with Gasteiger partial charge in [-0.2, -0.15) is 5.10 Å². The lowest BCUT2D eigenvalue weighted by atomic mass is 10.1. The molecular formula is C20H17N5OS. The lowest BCUT2D eigenvalue weighted by Gasteiger charge is -2.04. The number of nitrogens with zero attached hydrogens (tertiary/aromatic N) is 4. The SMILES string of the molecule is O=C(Nc1ncc(Cc2ccccc2)s1)c1ccc(Cn2cncn2)cc1. The monoisotopic (exact) mass is 375 g/mol. The van der Waals surface area contributed by atoms with Gasteiger partial charge >= 0.3 is 0 Å². The van der Waals surface area contributed by atoms with Crippen LogP contribution in [-0.4, -0.2) is 25.7 Å². The first-order chi connectivity index (χ1) is 13.3. The zero-order valence-corrected chi connectivity index (χ0v) is 15.3. The van der Waals surface area contributed by atoms with Crippen molar-refractivity contribution in [2.75, 3.05) is 5.32 Å². The van der Waals surface area contributed by atoms with Crippen LogP contribution in [0.5, 0.6) is 0 Å². The summed E-state index contributed by atoms with van der Waals surface area (Å²) < 4.78 is 1.74. The summed E-state index contributed by atoms with van der Waals surface area (Å²) in [5, 5.41) is 7.56. The molecule has 0 aliphatic rings. The molecule has 0 saturated carbocycles. The number of thiazole rings is 1. The van der Waals surface area contributed by atoms with Crippen LogP contribution in [0.25, 0.3) is 0 Å². The molecule has 0 saturated heterocycles. The molecule has 0 unspecified atom stereocenters. The summed E-state index contributed by atoms with van der Waals surface area (Å²) in [5.41, 5.74) is 2.87. The van der Waals surface area contributed by atoms with E-state index in [9.17, 15) is 4.79 Å². The fraction of sp³-hybridized carbons (Fsp3) is 0.100. The summed E-state index contributed by atoms with van der Waals surface area (Å²) in [7, 11) is 0. The van der Waals surface area contributed by atoms with Gasteiger partial charge in [-0.25, -0.2) is 14.6 Å². The molecule has 0 fully saturated rings. The molecule has 6 nitrogen and oxygen atoms in total. The Balaban J connectivity index is 1.37. The molecule has 0 bridgehead atoms. The number of hydrogen-bond acceptors (Lipinski definition) is 5. The van der Waals surface area contributed by atoms with Gasteiger partial charge in [0.05, 0.1) is 6.54 Å². The molecule has 1 amide bonds. The molecule has 1 N–H and O–H groups in total. The Kier molecular flexibility index (Phi) is 5.02. The zero-order valence-electron chi connectivity index (χ0n) is 14.4. The number of carbonyl (C=O) groups excluding carboxylic acids is 1. The smallest absolute Gasteiger partial charge is 0.257 e. The van der Waals surface area contributed by atoms with Crippen molar-refractivity contribution in [3.05, 3.63) is 95.0 Å². The van der Waals surface area contributed by atoms with E-state index in [-0.39, 0.29) is 5.91 Å². The average Bonchev–Trinajstić information content (AvgIpc) is 3.35. The van der Waals surface area contributed by atoms with Crippen molar-refractivity contribution in [1.29, 1.82) is 0 Å². The average molecular weight is 375 g/mol. The Morgan fingerprint density at radius 1 is 1.04 bits per heavy atom. The highest BCUT2D eigenvalue weighted by Crippen LogP contribution is 2.21. The second kappa shape index (κ2) is 7.92. The highest BCUT2D eigenvalue weighted by molar-refractivity contribution is 7.15. The summed E-state index contributed by atoms with van der Waals surface area (Å²) >= 11 is 1.50. The van der Waals surface area contributed by atoms with Gasteiger partial charge in [0.15, 0.2) is 5.13 Å². The Hall–Kier alpha value is -3.32. The maximum atomic E-state index is 12.4. The summed E-state index contributed by atoms with van der Waals surface area (Å²) in [6, 6.07) is 17.6. The van der Waals surface area contributed by atoms with Crippen LogP contribution in [0, 0.1) is 0 Å². The van der Waals surface area contributed by atoms with Crippen LogP contribution < -0.4 is 5.32 Å². The Bertz CT molecular complexity index is 1010. The molecule has 4 aromatic rings. The lowest BCUT2D eigenvalue weighted by molar-refractivity contribution is 0.102. The molecule has 2 aromatic carbocycles. The predicted molar refractivity (Wildman–Crippen MR) is 105 cm³/mol. The third-order valence-corrected chi connectivity index (χ3v) is 4.94. The van der Waals surface area contributed by atoms with Gasteiger partial charge in [-0.15, -0.1) is 11.3 Å². The summed E-state index contributed by atoms with van der Waals surface area (Å²) in [5.74, 6) is -0.164. The van der Waals surface area contributed by atoms with Crippen LogP contribution >= 0.6 is 11.3 Å². The van der Waals surface area contributed by atoms with Crippen LogP contribution in [0.1, 0.15) is 26.4 Å². The van der Waals surface area contributed by atoms with Crippen LogP contribution in [0.4, 0.5) is 5.13 Å². The van der Waals surface area contributed by atoms with Crippen LogP contribution in [0.15, 0.2) is 73.4 Å². The Morgan fingerprint density at radius 2 is 1.85 bits per heavy atom. The third kappa shape index (κ3) is 4.45. The van der Waals surface area contributed by atoms with Gasteiger partial charge in [-0.05, 0) is 23.3 Å². The predicted octanol–water partition coefficient (Wildman–Crippen LogP) is 3.63. The molecule has 0 radical (unpaired) electrons. The van der Waals surface area contributed by atoms with E-state index in [0.717, 1.165) is 16.9 Å². The van der Waals surface area contributed by atoms with E-state index >= 15 is 0 Å². The molecule has 134 valence electrons. The van der Waals surface area contributed by atoms with Crippen molar-refractivity contribution in [3.8, 4) is 0 Å². The second-order valence-corrected chi connectivity index (χ2v) is 7.15. The van der Waals surface area contributed by atoms with Crippen molar-refractivity contribution < 1.29 is 4.79 Å². The molecule has 27 heavy (non-hydrogen) atoms. The van der Waals surface area contributed by atoms with Gasteiger partial charge in [0, 0.05) is 23.1 Å². The molecule has 7 heteroatoms. The Labute approximate surface area is 160 Å². The standard InChI is InChI=1S/C20H17N5OS/c26-19(17-8-6-16(7-9-17)12-25-14-21-13-23-25)24-20-22-11-18(27-20)10-15-4-2-1-3-5-15/h1-9,11,13-14H,10,12H2,(H,22,24,26). The van der Waals surface area contributed by atoms with Crippen molar-refractivity contribution in [2.24, 2.45) is 0 Å². The third-order valence-electron chi connectivity index (χ3n) is 4.02. The molecule has 0 spiro atoms. The number of hydrogen-bond donors (Lipinski definition) is 1. The van der Waals surface area contributed by atoms with Crippen LogP contribution in [0.3, 0.4) is 0 Å². The van der Waals surface area contributed by atoms with E-state index in [4.69, 9.17) is 0 Å². The number of nitrogens with one attached hydrogen (secondary N) is 1. The molecule has 2 aromatic heterocycles. The van der Waals surface area contributed by atoms with E-state index in [0.29, 0.717) is 17.2 Å². The molecule has 4 rings (SSSR count). The van der Waals surface area contributed by atoms with E-state index in [1.807, 2.05) is 36.5 Å². The minimum Gasteiger partial charge on any atom is -0.298 e. The highest BCUT2D eigenvalue weighted by atomic mass is 32.1. The number of aromatic nitrogens is 4. The summed E-state index contributed by atoms with van der Waals surface area (Å²) in [6.45, 7) is 0.622. The van der Waals surface area contributed by atoms with Crippen molar-refractivity contribution >= 4 is 22.4 Å². The first-order valence-electron chi connectivity index (χ1n) is 8.47. The first-order valence-corrected chi connectivity index (χ1v) is 9.29. The largest absolute Gasteiger partial charge is 0.298 e. The van der Waals surface area contributed by atoms with E-state index in [1.54, 1.807) is 23.1 Å². The number of amides is 1. The maximum Gasteiger partial charge on any atom is 0.257 e. The van der Waals surface area contributed by atoms with Crippen molar-refractivity contribution in [3.63, 3.8) is 0 Å². The first kappa shape index (κ1) is 17.1. The Morgan fingerprint density at radius 3 is 2.59 bits per heavy atom. The number of carbonyl (C=O) groups is 1. The second-order valence-electron chi connectivity index (χ2n) is 6.04. The zero-order chi connectivity index (χ0) is 18.5. The molecule has 0 aliphatic heterocycles. The van der Waals surface area contributed by atoms with E-state index < -0.39 is 0 Å². The van der Waals surface area contributed by atoms with Crippen LogP contribution in [-0.2, 0) is 13.0 Å². The minimum atomic E-state index is -0.164. The van der Waals surface area contributed by atoms with Crippen molar-refractivity contribution in [2.45, 2.75) is 13.0 Å². The maximum absolute atomic E-state index is 12.4. The fourth-order valence-electron chi connectivity index (χ4n) is 2.68. The molecule has 2 heterocycles. The van der Waals surface area contributed by atoms with Gasteiger partial charge in [0.25, 0.3) is 5.91 Å². The molecular weight excluding hydrogens is 358 g/mol. The van der Waals surface area contributed by atoms with E-state index in [2.05, 4.69) is 32.5 Å². The normalized spacial score (nSPS) is 10.7. The van der Waals surface area contributed by atoms with Gasteiger partial charge < -0.3 is 0 Å². The highest BCUT2D eigenvalue weighted by Gasteiger charge is 2.10. The van der Waals surface area contributed by atoms with Gasteiger partial charge in [0.1, 0.15) is 12.7 Å². The summed E-state index contributed by atoms with van der Waals surface area (Å²) in [4.78, 5) is 21.8. The number of benzene rings is 2. The quantitative estimate of drug-likeness (QED) is 0.559. The number of anilines is 1. The van der Waals surface area contributed by atoms with Gasteiger partial charge in [-0.1, -0.05) is 42.5 Å². The topological polar surface area (TPSA) is 72.7 Å². The lowest BCUT2D eigenvalue weighted by Crippen LogP contribution is -2.11. The summed E-state index contributed by atoms with van der Waals surface area (Å²) in [6.07, 6.45) is 5.79. The molecule has 0 aliphatic carbocycles. The number of rotatable bonds is 6. The van der Waals surface area contributed by atoms with E-state index in [1.165, 1.54) is 23.2 Å². The molecule has 0 atom stereocenters. The van der Waals surface area contributed by atoms with Gasteiger partial charge in [0.2, 0.25) is 0 Å². The van der Waals surface area contributed by atoms with Crippen molar-refractivity contribution in [1.82, 2.24) is 19.7 Å². The van der Waals surface area contributed by atoms with Gasteiger partial charge in [-0.3, -0.25) is 10.1 Å². The minimum absolute atomic E-state index is 0.164. The fourth-order valence-corrected chi connectivity index (χ4v) is 3.52. The van der Waals surface area contributed by atoms with Crippen LogP contribution in [0.2, 0.25) is 0 Å².